The van der Waals surface area contributed by atoms with Gasteiger partial charge in [-0.3, -0.25) is 0 Å². The lowest BCUT2D eigenvalue weighted by Crippen LogP contribution is -2.46. The van der Waals surface area contributed by atoms with E-state index in [0.29, 0.717) is 12.0 Å². The normalized spacial score (nSPS) is 29.8. The van der Waals surface area contributed by atoms with Crippen molar-refractivity contribution in [1.82, 2.24) is 4.90 Å². The quantitative estimate of drug-likeness (QED) is 0.893. The van der Waals surface area contributed by atoms with Crippen molar-refractivity contribution < 1.29 is 5.11 Å². The Balaban J connectivity index is 1.67. The van der Waals surface area contributed by atoms with Crippen molar-refractivity contribution in [3.63, 3.8) is 0 Å². The summed E-state index contributed by atoms with van der Waals surface area (Å²) in [5.74, 6) is 0.403. The van der Waals surface area contributed by atoms with Crippen molar-refractivity contribution in [3.05, 3.63) is 34.9 Å². The molecule has 1 aromatic carbocycles. The summed E-state index contributed by atoms with van der Waals surface area (Å²) in [7, 11) is 0. The summed E-state index contributed by atoms with van der Waals surface area (Å²) in [6.45, 7) is 2.41. The summed E-state index contributed by atoms with van der Waals surface area (Å²) in [5.41, 5.74) is 1.01. The zero-order valence-corrected chi connectivity index (χ0v) is 12.0. The zero-order chi connectivity index (χ0) is 13.2. The molecule has 3 atom stereocenters. The molecular weight excluding hydrogens is 258 g/mol. The molecule has 0 spiro atoms. The van der Waals surface area contributed by atoms with E-state index in [1.165, 1.54) is 25.8 Å². The standard InChI is InChI=1S/C16H22ClNO/c17-14-6-4-12(5-7-14)16(19)13-8-10-18-9-2-1-3-15(18)11-13/h4-7,13,15-16,19H,1-3,8-11H2/t13-,15+,16-/m1/s1. The Hall–Kier alpha value is -0.570. The number of aliphatic hydroxyl groups is 1. The molecule has 0 aromatic heterocycles. The van der Waals surface area contributed by atoms with Crippen LogP contribution in [-0.4, -0.2) is 29.1 Å². The summed E-state index contributed by atoms with van der Waals surface area (Å²) >= 11 is 5.90. The van der Waals surface area contributed by atoms with Crippen LogP contribution < -0.4 is 0 Å². The van der Waals surface area contributed by atoms with Crippen molar-refractivity contribution in [2.24, 2.45) is 5.92 Å². The van der Waals surface area contributed by atoms with Crippen LogP contribution in [0.5, 0.6) is 0 Å². The maximum atomic E-state index is 10.6. The minimum atomic E-state index is -0.332. The van der Waals surface area contributed by atoms with Crippen molar-refractivity contribution in [3.8, 4) is 0 Å². The average Bonchev–Trinajstić information content (AvgIpc) is 2.47. The third kappa shape index (κ3) is 2.96. The largest absolute Gasteiger partial charge is 0.388 e. The first kappa shape index (κ1) is 13.4. The van der Waals surface area contributed by atoms with Crippen molar-refractivity contribution >= 4 is 11.6 Å². The summed E-state index contributed by atoms with van der Waals surface area (Å²) < 4.78 is 0. The summed E-state index contributed by atoms with van der Waals surface area (Å²) in [6.07, 6.45) is 5.93. The van der Waals surface area contributed by atoms with Crippen molar-refractivity contribution in [2.45, 2.75) is 44.2 Å². The molecule has 0 amide bonds. The van der Waals surface area contributed by atoms with Gasteiger partial charge in [-0.25, -0.2) is 0 Å². The van der Waals surface area contributed by atoms with Crippen LogP contribution in [-0.2, 0) is 0 Å². The highest BCUT2D eigenvalue weighted by molar-refractivity contribution is 6.30. The highest BCUT2D eigenvalue weighted by Gasteiger charge is 2.33. The third-order valence-electron chi connectivity index (χ3n) is 4.77. The second kappa shape index (κ2) is 5.82. The molecule has 2 heterocycles. The lowest BCUT2D eigenvalue weighted by atomic mass is 9.81. The van der Waals surface area contributed by atoms with Gasteiger partial charge in [-0.2, -0.15) is 0 Å². The fourth-order valence-electron chi connectivity index (χ4n) is 3.64. The Morgan fingerprint density at radius 3 is 2.68 bits per heavy atom. The molecule has 2 fully saturated rings. The molecule has 2 saturated heterocycles. The number of hydrogen-bond acceptors (Lipinski definition) is 2. The smallest absolute Gasteiger partial charge is 0.0819 e. The Bertz CT molecular complexity index is 419. The Morgan fingerprint density at radius 1 is 1.11 bits per heavy atom. The maximum Gasteiger partial charge on any atom is 0.0819 e. The van der Waals surface area contributed by atoms with Crippen LogP contribution in [0.15, 0.2) is 24.3 Å². The van der Waals surface area contributed by atoms with Crippen LogP contribution >= 0.6 is 11.6 Å². The molecule has 3 heteroatoms. The predicted molar refractivity (Wildman–Crippen MR) is 78.3 cm³/mol. The molecule has 2 aliphatic heterocycles. The molecule has 0 bridgehead atoms. The molecule has 2 aliphatic rings. The van der Waals surface area contributed by atoms with E-state index in [9.17, 15) is 5.11 Å². The fourth-order valence-corrected chi connectivity index (χ4v) is 3.77. The van der Waals surface area contributed by atoms with Crippen LogP contribution in [0.2, 0.25) is 5.02 Å². The van der Waals surface area contributed by atoms with E-state index in [2.05, 4.69) is 4.90 Å². The van der Waals surface area contributed by atoms with E-state index >= 15 is 0 Å². The first-order valence-corrected chi connectivity index (χ1v) is 7.79. The maximum absolute atomic E-state index is 10.6. The number of benzene rings is 1. The zero-order valence-electron chi connectivity index (χ0n) is 11.3. The fraction of sp³-hybridized carbons (Fsp3) is 0.625. The Labute approximate surface area is 120 Å². The number of nitrogens with zero attached hydrogens (tertiary/aromatic N) is 1. The predicted octanol–water partition coefficient (Wildman–Crippen LogP) is 3.64. The van der Waals surface area contributed by atoms with Crippen molar-refractivity contribution in [2.75, 3.05) is 13.1 Å². The van der Waals surface area contributed by atoms with Gasteiger partial charge >= 0.3 is 0 Å². The van der Waals surface area contributed by atoms with Crippen LogP contribution in [0.1, 0.15) is 43.8 Å². The molecule has 0 saturated carbocycles. The first-order valence-electron chi connectivity index (χ1n) is 7.41. The minimum Gasteiger partial charge on any atom is -0.388 e. The molecule has 3 rings (SSSR count). The van der Waals surface area contributed by atoms with E-state index in [1.54, 1.807) is 0 Å². The second-order valence-electron chi connectivity index (χ2n) is 5.97. The summed E-state index contributed by atoms with van der Waals surface area (Å²) in [4.78, 5) is 2.62. The SMILES string of the molecule is O[C@H](c1ccc(Cl)cc1)[C@@H]1CCN2CCCC[C@H]2C1. The molecule has 1 aromatic rings. The summed E-state index contributed by atoms with van der Waals surface area (Å²) in [6, 6.07) is 8.36. The molecule has 104 valence electrons. The lowest BCUT2D eigenvalue weighted by Gasteiger charge is -2.43. The molecule has 0 unspecified atom stereocenters. The van der Waals surface area contributed by atoms with Gasteiger partial charge < -0.3 is 10.0 Å². The first-order chi connectivity index (χ1) is 9.24. The number of hydrogen-bond donors (Lipinski definition) is 1. The van der Waals surface area contributed by atoms with E-state index in [0.717, 1.165) is 30.0 Å². The van der Waals surface area contributed by atoms with E-state index in [1.807, 2.05) is 24.3 Å². The second-order valence-corrected chi connectivity index (χ2v) is 6.40. The monoisotopic (exact) mass is 279 g/mol. The van der Waals surface area contributed by atoms with Gasteiger partial charge in [-0.05, 0) is 62.4 Å². The van der Waals surface area contributed by atoms with Gasteiger partial charge in [0.15, 0.2) is 0 Å². The number of fused-ring (bicyclic) bond motifs is 1. The molecule has 0 radical (unpaired) electrons. The Kier molecular flexibility index (Phi) is 4.11. The van der Waals surface area contributed by atoms with Crippen LogP contribution in [0.4, 0.5) is 0 Å². The van der Waals surface area contributed by atoms with E-state index in [4.69, 9.17) is 11.6 Å². The van der Waals surface area contributed by atoms with Gasteiger partial charge in [0.2, 0.25) is 0 Å². The molecule has 2 nitrogen and oxygen atoms in total. The van der Waals surface area contributed by atoms with Gasteiger partial charge in [0.25, 0.3) is 0 Å². The lowest BCUT2D eigenvalue weighted by molar-refractivity contribution is 0.0155. The average molecular weight is 280 g/mol. The molecule has 19 heavy (non-hydrogen) atoms. The van der Waals surface area contributed by atoms with E-state index < -0.39 is 0 Å². The van der Waals surface area contributed by atoms with Gasteiger partial charge in [0.1, 0.15) is 0 Å². The van der Waals surface area contributed by atoms with Crippen LogP contribution in [0.25, 0.3) is 0 Å². The van der Waals surface area contributed by atoms with E-state index in [-0.39, 0.29) is 6.10 Å². The number of aliphatic hydroxyl groups excluding tert-OH is 1. The van der Waals surface area contributed by atoms with Crippen LogP contribution in [0.3, 0.4) is 0 Å². The topological polar surface area (TPSA) is 23.5 Å². The highest BCUT2D eigenvalue weighted by Crippen LogP contribution is 2.36. The highest BCUT2D eigenvalue weighted by atomic mass is 35.5. The van der Waals surface area contributed by atoms with Gasteiger partial charge in [-0.1, -0.05) is 30.2 Å². The molecule has 1 N–H and O–H groups in total. The molecule has 0 aliphatic carbocycles. The van der Waals surface area contributed by atoms with Crippen molar-refractivity contribution in [1.29, 1.82) is 0 Å². The molecular formula is C16H22ClNO. The number of halogens is 1. The summed E-state index contributed by atoms with van der Waals surface area (Å²) in [5, 5.41) is 11.3. The number of rotatable bonds is 2. The van der Waals surface area contributed by atoms with Gasteiger partial charge in [0, 0.05) is 11.1 Å². The van der Waals surface area contributed by atoms with Gasteiger partial charge in [0.05, 0.1) is 6.10 Å². The minimum absolute atomic E-state index is 0.332. The Morgan fingerprint density at radius 2 is 1.89 bits per heavy atom. The number of piperidine rings is 2. The van der Waals surface area contributed by atoms with Gasteiger partial charge in [-0.15, -0.1) is 0 Å². The third-order valence-corrected chi connectivity index (χ3v) is 5.02. The van der Waals surface area contributed by atoms with Crippen LogP contribution in [0, 0.1) is 5.92 Å².